The van der Waals surface area contributed by atoms with Gasteiger partial charge in [-0.3, -0.25) is 0 Å². The van der Waals surface area contributed by atoms with Gasteiger partial charge in [-0.2, -0.15) is 0 Å². The van der Waals surface area contributed by atoms with Crippen molar-refractivity contribution >= 4 is 17.6 Å². The molecule has 0 fully saturated rings. The van der Waals surface area contributed by atoms with E-state index in [1.807, 2.05) is 25.3 Å². The van der Waals surface area contributed by atoms with Crippen molar-refractivity contribution in [2.45, 2.75) is 26.8 Å². The summed E-state index contributed by atoms with van der Waals surface area (Å²) < 4.78 is 16.2. The number of aromatic carboxylic acids is 1. The number of carbonyl (C=O) groups is 1. The molecular weight excluding hydrogens is 344 g/mol. The van der Waals surface area contributed by atoms with Gasteiger partial charge in [-0.05, 0) is 45.0 Å². The molecule has 0 aliphatic carbocycles. The third kappa shape index (κ3) is 4.35. The molecule has 2 heterocycles. The van der Waals surface area contributed by atoms with E-state index in [0.29, 0.717) is 11.4 Å². The van der Waals surface area contributed by atoms with E-state index in [0.717, 1.165) is 12.0 Å². The summed E-state index contributed by atoms with van der Waals surface area (Å²) in [6.45, 7) is 5.83. The maximum absolute atomic E-state index is 14.3. The second-order valence-electron chi connectivity index (χ2n) is 6.05. The zero-order chi connectivity index (χ0) is 18.8. The fraction of sp³-hybridized carbons (Fsp3) is 0.222. The van der Waals surface area contributed by atoms with Gasteiger partial charge in [0.2, 0.25) is 5.95 Å². The zero-order valence-corrected chi connectivity index (χ0v) is 15.6. The first-order valence-electron chi connectivity index (χ1n) is 8.04. The minimum atomic E-state index is -1.01. The van der Waals surface area contributed by atoms with Crippen molar-refractivity contribution in [2.75, 3.05) is 5.32 Å². The Balaban J connectivity index is 0.00000196. The van der Waals surface area contributed by atoms with Gasteiger partial charge < -0.3 is 16.4 Å². The predicted molar refractivity (Wildman–Crippen MR) is 96.1 cm³/mol. The summed E-state index contributed by atoms with van der Waals surface area (Å²) in [5.74, 6) is -0.571. The average molecular weight is 363 g/mol. The molecule has 0 radical (unpaired) electrons. The van der Waals surface area contributed by atoms with Gasteiger partial charge in [0.25, 0.3) is 0 Å². The SMILES string of the molecule is Cc1ncc(-c2nc(Nc3ccc(C(=O)O)cc3)ncc2F)n1C(C)C.[H-].[Li+]. The molecule has 0 aliphatic rings. The molecule has 3 rings (SSSR count). The second-order valence-corrected chi connectivity index (χ2v) is 6.05. The van der Waals surface area contributed by atoms with E-state index in [1.165, 1.54) is 12.1 Å². The smallest absolute Gasteiger partial charge is 1.00 e. The first-order chi connectivity index (χ1) is 12.4. The summed E-state index contributed by atoms with van der Waals surface area (Å²) in [6.07, 6.45) is 2.69. The standard InChI is InChI=1S/C18H18FN5O2.Li.H/c1-10(2)24-11(3)20-9-15(24)16-14(19)8-21-18(23-16)22-13-6-4-12(5-7-13)17(25)26;;/h4-10H,1-3H3,(H,25,26)(H,21,22,23);;/q;+1;-1. The molecule has 1 aromatic carbocycles. The van der Waals surface area contributed by atoms with Gasteiger partial charge in [0, 0.05) is 11.7 Å². The number of carboxylic acids is 1. The third-order valence-corrected chi connectivity index (χ3v) is 3.87. The molecule has 0 unspecified atom stereocenters. The Morgan fingerprint density at radius 1 is 1.22 bits per heavy atom. The fourth-order valence-corrected chi connectivity index (χ4v) is 2.71. The van der Waals surface area contributed by atoms with Crippen LogP contribution in [0.1, 0.15) is 37.5 Å². The van der Waals surface area contributed by atoms with E-state index >= 15 is 0 Å². The first kappa shape index (κ1) is 20.6. The van der Waals surface area contributed by atoms with E-state index in [9.17, 15) is 9.18 Å². The molecule has 2 aromatic heterocycles. The van der Waals surface area contributed by atoms with Crippen LogP contribution in [0.2, 0.25) is 0 Å². The van der Waals surface area contributed by atoms with Gasteiger partial charge in [0.05, 0.1) is 23.7 Å². The number of benzene rings is 1. The Bertz CT molecular complexity index is 963. The summed E-state index contributed by atoms with van der Waals surface area (Å²) in [4.78, 5) is 23.4. The van der Waals surface area contributed by atoms with Crippen molar-refractivity contribution in [3.8, 4) is 11.4 Å². The molecule has 0 aliphatic heterocycles. The molecule has 3 aromatic rings. The van der Waals surface area contributed by atoms with E-state index in [1.54, 1.807) is 18.3 Å². The Kier molecular flexibility index (Phi) is 6.36. The Hall–Kier alpha value is -2.69. The third-order valence-electron chi connectivity index (χ3n) is 3.87. The van der Waals surface area contributed by atoms with E-state index < -0.39 is 11.8 Å². The molecule has 7 nitrogen and oxygen atoms in total. The van der Waals surface area contributed by atoms with Gasteiger partial charge in [-0.25, -0.2) is 24.1 Å². The number of nitrogens with zero attached hydrogens (tertiary/aromatic N) is 4. The normalized spacial score (nSPS) is 10.6. The van der Waals surface area contributed by atoms with Crippen molar-refractivity contribution in [3.05, 3.63) is 53.9 Å². The topological polar surface area (TPSA) is 92.9 Å². The number of rotatable bonds is 5. The Labute approximate surface area is 169 Å². The van der Waals surface area contributed by atoms with Crippen LogP contribution in [0.25, 0.3) is 11.4 Å². The molecule has 0 saturated carbocycles. The largest absolute Gasteiger partial charge is 1.00 e. The van der Waals surface area contributed by atoms with Crippen LogP contribution in [0.5, 0.6) is 0 Å². The molecule has 9 heteroatoms. The molecule has 0 amide bonds. The number of hydrogen-bond acceptors (Lipinski definition) is 5. The molecule has 0 saturated heterocycles. The molecular formula is C18H19FLiN5O2. The predicted octanol–water partition coefficient (Wildman–Crippen LogP) is 0.927. The summed E-state index contributed by atoms with van der Waals surface area (Å²) in [5.41, 5.74) is 1.49. The van der Waals surface area contributed by atoms with Gasteiger partial charge in [-0.15, -0.1) is 0 Å². The van der Waals surface area contributed by atoms with Crippen LogP contribution in [0.4, 0.5) is 16.0 Å². The second kappa shape index (κ2) is 8.33. The number of aromatic nitrogens is 4. The number of halogens is 1. The summed E-state index contributed by atoms with van der Waals surface area (Å²) in [7, 11) is 0. The number of hydrogen-bond donors (Lipinski definition) is 2. The van der Waals surface area contributed by atoms with Crippen molar-refractivity contribution < 1.29 is 34.6 Å². The van der Waals surface area contributed by atoms with Crippen LogP contribution < -0.4 is 24.2 Å². The molecule has 2 N–H and O–H groups in total. The molecule has 0 atom stereocenters. The number of aryl methyl sites for hydroxylation is 1. The van der Waals surface area contributed by atoms with E-state index in [-0.39, 0.29) is 43.5 Å². The maximum atomic E-state index is 14.3. The average Bonchev–Trinajstić information content (AvgIpc) is 2.98. The Morgan fingerprint density at radius 2 is 1.89 bits per heavy atom. The van der Waals surface area contributed by atoms with Gasteiger partial charge in [0.1, 0.15) is 11.5 Å². The first-order valence-corrected chi connectivity index (χ1v) is 8.04. The molecule has 136 valence electrons. The zero-order valence-electron chi connectivity index (χ0n) is 16.6. The quantitative estimate of drug-likeness (QED) is 0.655. The van der Waals surface area contributed by atoms with Gasteiger partial charge >= 0.3 is 24.8 Å². The number of carboxylic acid groups (broad SMARTS) is 1. The van der Waals surface area contributed by atoms with Crippen LogP contribution in [-0.4, -0.2) is 30.6 Å². The van der Waals surface area contributed by atoms with Crippen molar-refractivity contribution in [1.82, 2.24) is 19.5 Å². The summed E-state index contributed by atoms with van der Waals surface area (Å²) in [5, 5.41) is 11.9. The van der Waals surface area contributed by atoms with Crippen molar-refractivity contribution in [1.29, 1.82) is 0 Å². The molecule has 0 spiro atoms. The maximum Gasteiger partial charge on any atom is 1.00 e. The van der Waals surface area contributed by atoms with Crippen LogP contribution in [0, 0.1) is 12.7 Å². The number of imidazole rings is 1. The number of nitrogens with one attached hydrogen (secondary N) is 1. The van der Waals surface area contributed by atoms with E-state index in [4.69, 9.17) is 5.11 Å². The fourth-order valence-electron chi connectivity index (χ4n) is 2.71. The van der Waals surface area contributed by atoms with Crippen molar-refractivity contribution in [3.63, 3.8) is 0 Å². The summed E-state index contributed by atoms with van der Waals surface area (Å²) in [6, 6.07) is 6.22. The van der Waals surface area contributed by atoms with E-state index in [2.05, 4.69) is 20.3 Å². The minimum Gasteiger partial charge on any atom is -1.00 e. The molecule has 27 heavy (non-hydrogen) atoms. The van der Waals surface area contributed by atoms with Gasteiger partial charge in [-0.1, -0.05) is 0 Å². The van der Waals surface area contributed by atoms with Gasteiger partial charge in [0.15, 0.2) is 5.82 Å². The number of anilines is 2. The van der Waals surface area contributed by atoms with Crippen LogP contribution in [0.15, 0.2) is 36.7 Å². The Morgan fingerprint density at radius 3 is 2.48 bits per heavy atom. The van der Waals surface area contributed by atoms with Crippen LogP contribution in [0.3, 0.4) is 0 Å². The monoisotopic (exact) mass is 363 g/mol. The summed E-state index contributed by atoms with van der Waals surface area (Å²) >= 11 is 0. The molecule has 0 bridgehead atoms. The minimum absolute atomic E-state index is 0. The van der Waals surface area contributed by atoms with Crippen LogP contribution >= 0.6 is 0 Å². The van der Waals surface area contributed by atoms with Crippen LogP contribution in [-0.2, 0) is 0 Å². The van der Waals surface area contributed by atoms with Crippen molar-refractivity contribution in [2.24, 2.45) is 0 Å².